The maximum absolute atomic E-state index is 12.5. The van der Waals surface area contributed by atoms with Gasteiger partial charge in [-0.05, 0) is 37.3 Å². The highest BCUT2D eigenvalue weighted by Gasteiger charge is 2.31. The Morgan fingerprint density at radius 1 is 1.10 bits per heavy atom. The molecule has 0 saturated carbocycles. The van der Waals surface area contributed by atoms with E-state index in [1.165, 1.54) is 37.3 Å². The Kier molecular flexibility index (Phi) is 6.01. The number of nitrogens with zero attached hydrogens (tertiary/aromatic N) is 1. The maximum Gasteiger partial charge on any atom is 0.337 e. The van der Waals surface area contributed by atoms with E-state index < -0.39 is 18.0 Å². The zero-order valence-corrected chi connectivity index (χ0v) is 16.3. The fourth-order valence-corrected chi connectivity index (χ4v) is 2.96. The second-order valence-corrected chi connectivity index (χ2v) is 6.30. The largest absolute Gasteiger partial charge is 0.493 e. The van der Waals surface area contributed by atoms with Crippen molar-refractivity contribution in [3.63, 3.8) is 0 Å². The topological polar surface area (TPSA) is 91.4 Å². The first kappa shape index (κ1) is 20.2. The van der Waals surface area contributed by atoms with Crippen LogP contribution in [0.1, 0.15) is 23.7 Å². The number of amides is 1. The van der Waals surface area contributed by atoms with E-state index in [1.807, 2.05) is 6.07 Å². The summed E-state index contributed by atoms with van der Waals surface area (Å²) in [6.45, 7) is 1.81. The molecule has 1 atom stereocenters. The summed E-state index contributed by atoms with van der Waals surface area (Å²) in [5.74, 6) is -0.308. The van der Waals surface area contributed by atoms with Gasteiger partial charge in [-0.25, -0.2) is 4.79 Å². The fourth-order valence-electron chi connectivity index (χ4n) is 2.96. The summed E-state index contributed by atoms with van der Waals surface area (Å²) in [5, 5.41) is 0. The van der Waals surface area contributed by atoms with Gasteiger partial charge in [-0.1, -0.05) is 12.1 Å². The number of hydrogen-bond donors (Lipinski definition) is 0. The van der Waals surface area contributed by atoms with E-state index in [1.54, 1.807) is 25.1 Å². The number of hydrogen-bond acceptors (Lipinski definition) is 7. The molecule has 152 valence electrons. The first-order chi connectivity index (χ1) is 13.9. The summed E-state index contributed by atoms with van der Waals surface area (Å²) in [4.78, 5) is 38.0. The van der Waals surface area contributed by atoms with Gasteiger partial charge in [0.25, 0.3) is 5.91 Å². The number of carbonyl (C=O) groups excluding carboxylic acids is 3. The molecular formula is C21H21NO7. The lowest BCUT2D eigenvalue weighted by Crippen LogP contribution is -2.45. The van der Waals surface area contributed by atoms with Gasteiger partial charge in [0.2, 0.25) is 0 Å². The van der Waals surface area contributed by atoms with Crippen LogP contribution in [0.2, 0.25) is 0 Å². The molecule has 0 bridgehead atoms. The van der Waals surface area contributed by atoms with Crippen LogP contribution < -0.4 is 19.1 Å². The van der Waals surface area contributed by atoms with E-state index in [2.05, 4.69) is 4.74 Å². The molecule has 8 nitrogen and oxygen atoms in total. The molecule has 0 N–H and O–H groups in total. The van der Waals surface area contributed by atoms with Gasteiger partial charge in [0, 0.05) is 6.54 Å². The van der Waals surface area contributed by atoms with Gasteiger partial charge >= 0.3 is 11.9 Å². The highest BCUT2D eigenvalue weighted by atomic mass is 16.6. The number of para-hydroxylation sites is 2. The number of fused-ring (bicyclic) bond motifs is 1. The van der Waals surface area contributed by atoms with Crippen molar-refractivity contribution in [3.05, 3.63) is 48.0 Å². The van der Waals surface area contributed by atoms with E-state index in [0.29, 0.717) is 11.4 Å². The number of esters is 2. The van der Waals surface area contributed by atoms with Crippen LogP contribution in [0.3, 0.4) is 0 Å². The Balaban J connectivity index is 1.69. The molecule has 0 aliphatic carbocycles. The van der Waals surface area contributed by atoms with Crippen molar-refractivity contribution in [2.24, 2.45) is 0 Å². The zero-order chi connectivity index (χ0) is 21.0. The Bertz CT molecular complexity index is 940. The molecule has 0 radical (unpaired) electrons. The number of ether oxygens (including phenoxy) is 4. The minimum Gasteiger partial charge on any atom is -0.493 e. The molecule has 0 spiro atoms. The predicted molar refractivity (Wildman–Crippen MR) is 103 cm³/mol. The minimum atomic E-state index is -0.633. The SMILES string of the molecule is COC(=O)c1ccc(OC(=O)CCN2C(=O)[C@@H](C)Oc3ccccc32)c(OC)c1. The Morgan fingerprint density at radius 3 is 2.59 bits per heavy atom. The molecule has 8 heteroatoms. The summed E-state index contributed by atoms with van der Waals surface area (Å²) in [5.41, 5.74) is 0.886. The average Bonchev–Trinajstić information content (AvgIpc) is 2.73. The standard InChI is InChI=1S/C21H21NO7/c1-13-20(24)22(15-6-4-5-7-16(15)28-13)11-10-19(23)29-17-9-8-14(21(25)27-3)12-18(17)26-2/h4-9,12-13H,10-11H2,1-3H3/t13-/m1/s1. The van der Waals surface area contributed by atoms with Gasteiger partial charge < -0.3 is 23.8 Å². The van der Waals surface area contributed by atoms with Gasteiger partial charge in [0.1, 0.15) is 5.75 Å². The van der Waals surface area contributed by atoms with Crippen LogP contribution in [-0.2, 0) is 14.3 Å². The smallest absolute Gasteiger partial charge is 0.337 e. The lowest BCUT2D eigenvalue weighted by atomic mass is 10.1. The predicted octanol–water partition coefficient (Wildman–Crippen LogP) is 2.59. The molecule has 1 aliphatic rings. The van der Waals surface area contributed by atoms with Gasteiger partial charge in [-0.2, -0.15) is 0 Å². The van der Waals surface area contributed by atoms with Crippen LogP contribution in [0.4, 0.5) is 5.69 Å². The molecule has 29 heavy (non-hydrogen) atoms. The van der Waals surface area contributed by atoms with Gasteiger partial charge in [-0.15, -0.1) is 0 Å². The van der Waals surface area contributed by atoms with Crippen LogP contribution in [-0.4, -0.2) is 44.7 Å². The van der Waals surface area contributed by atoms with Crippen molar-refractivity contribution in [2.45, 2.75) is 19.4 Å². The fraction of sp³-hybridized carbons (Fsp3) is 0.286. The first-order valence-electron chi connectivity index (χ1n) is 8.98. The van der Waals surface area contributed by atoms with Crippen molar-refractivity contribution in [1.82, 2.24) is 0 Å². The summed E-state index contributed by atoms with van der Waals surface area (Å²) in [6.07, 6.45) is -0.666. The number of methoxy groups -OCH3 is 2. The molecule has 2 aromatic rings. The zero-order valence-electron chi connectivity index (χ0n) is 16.3. The number of benzene rings is 2. The van der Waals surface area contributed by atoms with Crippen molar-refractivity contribution in [2.75, 3.05) is 25.7 Å². The van der Waals surface area contributed by atoms with Crippen LogP contribution in [0.5, 0.6) is 17.2 Å². The maximum atomic E-state index is 12.5. The summed E-state index contributed by atoms with van der Waals surface area (Å²) in [6, 6.07) is 11.5. The van der Waals surface area contributed by atoms with Crippen molar-refractivity contribution < 1.29 is 33.3 Å². The molecule has 3 rings (SSSR count). The Hall–Kier alpha value is -3.55. The third-order valence-electron chi connectivity index (χ3n) is 4.42. The highest BCUT2D eigenvalue weighted by molar-refractivity contribution is 6.00. The van der Waals surface area contributed by atoms with E-state index in [0.717, 1.165) is 0 Å². The lowest BCUT2D eigenvalue weighted by molar-refractivity contribution is -0.134. The van der Waals surface area contributed by atoms with Gasteiger partial charge in [-0.3, -0.25) is 9.59 Å². The van der Waals surface area contributed by atoms with Crippen LogP contribution in [0.15, 0.2) is 42.5 Å². The van der Waals surface area contributed by atoms with E-state index in [-0.39, 0.29) is 35.9 Å². The second kappa shape index (κ2) is 8.64. The lowest BCUT2D eigenvalue weighted by Gasteiger charge is -2.32. The highest BCUT2D eigenvalue weighted by Crippen LogP contribution is 2.34. The minimum absolute atomic E-state index is 0.0330. The van der Waals surface area contributed by atoms with Crippen LogP contribution >= 0.6 is 0 Å². The number of carbonyl (C=O) groups is 3. The summed E-state index contributed by atoms with van der Waals surface area (Å²) in [7, 11) is 2.67. The third-order valence-corrected chi connectivity index (χ3v) is 4.42. The summed E-state index contributed by atoms with van der Waals surface area (Å²) < 4.78 is 20.8. The molecule has 2 aromatic carbocycles. The number of anilines is 1. The first-order valence-corrected chi connectivity index (χ1v) is 8.98. The van der Waals surface area contributed by atoms with E-state index in [4.69, 9.17) is 14.2 Å². The molecule has 0 aromatic heterocycles. The Labute approximate surface area is 167 Å². The summed E-state index contributed by atoms with van der Waals surface area (Å²) >= 11 is 0. The van der Waals surface area contributed by atoms with Gasteiger partial charge in [0.05, 0.1) is 31.9 Å². The van der Waals surface area contributed by atoms with E-state index in [9.17, 15) is 14.4 Å². The van der Waals surface area contributed by atoms with E-state index >= 15 is 0 Å². The molecule has 0 fully saturated rings. The number of rotatable bonds is 6. The molecular weight excluding hydrogens is 378 g/mol. The van der Waals surface area contributed by atoms with Crippen LogP contribution in [0, 0.1) is 0 Å². The van der Waals surface area contributed by atoms with Crippen molar-refractivity contribution in [1.29, 1.82) is 0 Å². The van der Waals surface area contributed by atoms with Crippen molar-refractivity contribution in [3.8, 4) is 17.2 Å². The molecule has 0 unspecified atom stereocenters. The molecule has 0 saturated heterocycles. The molecule has 1 aliphatic heterocycles. The van der Waals surface area contributed by atoms with Crippen molar-refractivity contribution >= 4 is 23.5 Å². The van der Waals surface area contributed by atoms with Crippen LogP contribution in [0.25, 0.3) is 0 Å². The normalized spacial score (nSPS) is 15.2. The molecule has 1 heterocycles. The molecule has 1 amide bonds. The Morgan fingerprint density at radius 2 is 1.86 bits per heavy atom. The third kappa shape index (κ3) is 4.31. The monoisotopic (exact) mass is 399 g/mol. The quantitative estimate of drug-likeness (QED) is 0.545. The van der Waals surface area contributed by atoms with Gasteiger partial charge in [0.15, 0.2) is 17.6 Å². The average molecular weight is 399 g/mol. The second-order valence-electron chi connectivity index (χ2n) is 6.30.